The van der Waals surface area contributed by atoms with Crippen molar-refractivity contribution in [3.05, 3.63) is 90.5 Å². The van der Waals surface area contributed by atoms with Crippen molar-refractivity contribution in [2.45, 2.75) is 13.3 Å². The van der Waals surface area contributed by atoms with E-state index >= 15 is 0 Å². The Bertz CT molecular complexity index is 1340. The van der Waals surface area contributed by atoms with Gasteiger partial charge < -0.3 is 9.73 Å². The van der Waals surface area contributed by atoms with E-state index in [0.29, 0.717) is 6.42 Å². The summed E-state index contributed by atoms with van der Waals surface area (Å²) in [5.41, 5.74) is 3.59. The normalized spacial score (nSPS) is 12.4. The fourth-order valence-corrected chi connectivity index (χ4v) is 3.96. The molecule has 1 amide bonds. The van der Waals surface area contributed by atoms with Crippen molar-refractivity contribution in [1.29, 1.82) is 0 Å². The molecule has 0 bridgehead atoms. The minimum absolute atomic E-state index is 0.00777. The molecule has 0 aliphatic rings. The lowest BCUT2D eigenvalue weighted by molar-refractivity contribution is -0.119. The molecule has 0 saturated heterocycles. The Morgan fingerprint density at radius 1 is 0.828 bits per heavy atom. The topological polar surface area (TPSA) is 42.2 Å². The molecule has 0 radical (unpaired) electrons. The summed E-state index contributed by atoms with van der Waals surface area (Å²) in [6.45, 7) is 1.97. The standard InChI is InChI=1S/C26H21NO2/c1-17(15-19-9-6-8-18-7-2-3-10-21(18)19)26(28)27-20-13-14-23-22-11-4-5-12-24(22)29-25(23)16-20/h2-14,16-17H,15H2,1H3,(H,27,28)/t17-/m1/s1. The fourth-order valence-electron chi connectivity index (χ4n) is 3.96. The van der Waals surface area contributed by atoms with Gasteiger partial charge in [0.15, 0.2) is 0 Å². The largest absolute Gasteiger partial charge is 0.456 e. The van der Waals surface area contributed by atoms with Gasteiger partial charge in [-0.15, -0.1) is 0 Å². The first kappa shape index (κ1) is 17.5. The van der Waals surface area contributed by atoms with E-state index in [-0.39, 0.29) is 11.8 Å². The lowest BCUT2D eigenvalue weighted by Crippen LogP contribution is -2.22. The summed E-state index contributed by atoms with van der Waals surface area (Å²) in [7, 11) is 0. The molecular formula is C26H21NO2. The maximum atomic E-state index is 12.8. The SMILES string of the molecule is C[C@H](Cc1cccc2ccccc12)C(=O)Nc1ccc2c(c1)oc1ccccc12. The molecule has 1 atom stereocenters. The zero-order valence-electron chi connectivity index (χ0n) is 16.2. The van der Waals surface area contributed by atoms with Crippen LogP contribution in [0, 0.1) is 5.92 Å². The second-order valence-electron chi connectivity index (χ2n) is 7.54. The number of amides is 1. The van der Waals surface area contributed by atoms with Crippen molar-refractivity contribution in [1.82, 2.24) is 0 Å². The smallest absolute Gasteiger partial charge is 0.227 e. The monoisotopic (exact) mass is 379 g/mol. The molecule has 0 saturated carbocycles. The highest BCUT2D eigenvalue weighted by Gasteiger charge is 2.16. The van der Waals surface area contributed by atoms with Crippen molar-refractivity contribution in [3.63, 3.8) is 0 Å². The van der Waals surface area contributed by atoms with E-state index in [4.69, 9.17) is 4.42 Å². The highest BCUT2D eigenvalue weighted by atomic mass is 16.3. The number of hydrogen-bond donors (Lipinski definition) is 1. The van der Waals surface area contributed by atoms with Crippen LogP contribution >= 0.6 is 0 Å². The number of furan rings is 1. The molecule has 3 heteroatoms. The van der Waals surface area contributed by atoms with Crippen LogP contribution in [-0.2, 0) is 11.2 Å². The summed E-state index contributed by atoms with van der Waals surface area (Å²) < 4.78 is 5.93. The summed E-state index contributed by atoms with van der Waals surface area (Å²) in [5, 5.41) is 7.60. The summed E-state index contributed by atoms with van der Waals surface area (Å²) in [4.78, 5) is 12.8. The van der Waals surface area contributed by atoms with E-state index in [1.54, 1.807) is 0 Å². The van der Waals surface area contributed by atoms with Crippen molar-refractivity contribution < 1.29 is 9.21 Å². The minimum atomic E-state index is -0.146. The van der Waals surface area contributed by atoms with Gasteiger partial charge >= 0.3 is 0 Å². The number of nitrogens with one attached hydrogen (secondary N) is 1. The number of hydrogen-bond acceptors (Lipinski definition) is 2. The first-order chi connectivity index (χ1) is 14.2. The van der Waals surface area contributed by atoms with E-state index in [1.807, 2.05) is 61.5 Å². The number of fused-ring (bicyclic) bond motifs is 4. The van der Waals surface area contributed by atoms with Crippen LogP contribution in [-0.4, -0.2) is 5.91 Å². The maximum absolute atomic E-state index is 12.8. The predicted molar refractivity (Wildman–Crippen MR) is 119 cm³/mol. The zero-order valence-corrected chi connectivity index (χ0v) is 16.2. The molecule has 142 valence electrons. The average molecular weight is 379 g/mol. The van der Waals surface area contributed by atoms with Gasteiger partial charge in [-0.05, 0) is 41.0 Å². The number of carbonyl (C=O) groups excluding carboxylic acids is 1. The van der Waals surface area contributed by atoms with Gasteiger partial charge in [-0.25, -0.2) is 0 Å². The van der Waals surface area contributed by atoms with Crippen LogP contribution < -0.4 is 5.32 Å². The second kappa shape index (κ2) is 7.10. The molecule has 0 fully saturated rings. The third-order valence-corrected chi connectivity index (χ3v) is 5.50. The molecular weight excluding hydrogens is 358 g/mol. The molecule has 1 heterocycles. The Balaban J connectivity index is 1.37. The molecule has 29 heavy (non-hydrogen) atoms. The van der Waals surface area contributed by atoms with E-state index in [1.165, 1.54) is 16.3 Å². The van der Waals surface area contributed by atoms with E-state index in [9.17, 15) is 4.79 Å². The van der Waals surface area contributed by atoms with Crippen LogP contribution in [0.5, 0.6) is 0 Å². The molecule has 0 spiro atoms. The van der Waals surface area contributed by atoms with Gasteiger partial charge in [0.25, 0.3) is 0 Å². The molecule has 4 aromatic carbocycles. The highest BCUT2D eigenvalue weighted by molar-refractivity contribution is 6.06. The third-order valence-electron chi connectivity index (χ3n) is 5.50. The Morgan fingerprint density at radius 2 is 1.55 bits per heavy atom. The van der Waals surface area contributed by atoms with E-state index < -0.39 is 0 Å². The van der Waals surface area contributed by atoms with Crippen molar-refractivity contribution >= 4 is 44.3 Å². The Kier molecular flexibility index (Phi) is 4.28. The molecule has 0 aliphatic carbocycles. The Morgan fingerprint density at radius 3 is 2.45 bits per heavy atom. The molecule has 5 rings (SSSR count). The fraction of sp³-hybridized carbons (Fsp3) is 0.115. The summed E-state index contributed by atoms with van der Waals surface area (Å²) in [5.74, 6) is -0.138. The third kappa shape index (κ3) is 3.25. The van der Waals surface area contributed by atoms with Crippen molar-refractivity contribution in [2.75, 3.05) is 5.32 Å². The number of para-hydroxylation sites is 1. The quantitative estimate of drug-likeness (QED) is 0.384. The van der Waals surface area contributed by atoms with E-state index in [2.05, 4.69) is 35.6 Å². The summed E-state index contributed by atoms with van der Waals surface area (Å²) in [6.07, 6.45) is 0.695. The number of benzene rings is 4. The predicted octanol–water partition coefficient (Wildman–Crippen LogP) is 6.56. The van der Waals surface area contributed by atoms with Crippen LogP contribution in [0.2, 0.25) is 0 Å². The van der Waals surface area contributed by atoms with Crippen molar-refractivity contribution in [3.8, 4) is 0 Å². The Hall–Kier alpha value is -3.59. The average Bonchev–Trinajstić information content (AvgIpc) is 3.11. The van der Waals surface area contributed by atoms with Crippen LogP contribution in [0.4, 0.5) is 5.69 Å². The molecule has 3 nitrogen and oxygen atoms in total. The first-order valence-electron chi connectivity index (χ1n) is 9.88. The van der Waals surface area contributed by atoms with E-state index in [0.717, 1.165) is 27.6 Å². The maximum Gasteiger partial charge on any atom is 0.227 e. The highest BCUT2D eigenvalue weighted by Crippen LogP contribution is 2.30. The molecule has 5 aromatic rings. The van der Waals surface area contributed by atoms with Crippen LogP contribution in [0.3, 0.4) is 0 Å². The van der Waals surface area contributed by atoms with Gasteiger partial charge in [0.05, 0.1) is 0 Å². The van der Waals surface area contributed by atoms with Gasteiger partial charge in [0.1, 0.15) is 11.2 Å². The second-order valence-corrected chi connectivity index (χ2v) is 7.54. The molecule has 1 N–H and O–H groups in total. The zero-order chi connectivity index (χ0) is 19.8. The minimum Gasteiger partial charge on any atom is -0.456 e. The molecule has 0 unspecified atom stereocenters. The van der Waals surface area contributed by atoms with Crippen LogP contribution in [0.1, 0.15) is 12.5 Å². The summed E-state index contributed by atoms with van der Waals surface area (Å²) >= 11 is 0. The summed E-state index contributed by atoms with van der Waals surface area (Å²) in [6, 6.07) is 28.4. The lowest BCUT2D eigenvalue weighted by atomic mass is 9.95. The lowest BCUT2D eigenvalue weighted by Gasteiger charge is -2.14. The molecule has 1 aromatic heterocycles. The van der Waals surface area contributed by atoms with Gasteiger partial charge in [0.2, 0.25) is 5.91 Å². The van der Waals surface area contributed by atoms with Gasteiger partial charge in [-0.2, -0.15) is 0 Å². The molecule has 0 aliphatic heterocycles. The first-order valence-corrected chi connectivity index (χ1v) is 9.88. The van der Waals surface area contributed by atoms with Crippen LogP contribution in [0.25, 0.3) is 32.7 Å². The number of anilines is 1. The van der Waals surface area contributed by atoms with Gasteiger partial charge in [0, 0.05) is 28.4 Å². The van der Waals surface area contributed by atoms with Crippen molar-refractivity contribution in [2.24, 2.45) is 5.92 Å². The number of rotatable bonds is 4. The van der Waals surface area contributed by atoms with Gasteiger partial charge in [-0.1, -0.05) is 67.6 Å². The number of carbonyl (C=O) groups is 1. The Labute approximate surface area is 168 Å². The van der Waals surface area contributed by atoms with Crippen LogP contribution in [0.15, 0.2) is 89.3 Å². The van der Waals surface area contributed by atoms with Gasteiger partial charge in [-0.3, -0.25) is 4.79 Å².